The van der Waals surface area contributed by atoms with Gasteiger partial charge in [-0.2, -0.15) is 5.26 Å². The predicted octanol–water partition coefficient (Wildman–Crippen LogP) is 15.8. The molecule has 5 heterocycles. The van der Waals surface area contributed by atoms with Gasteiger partial charge in [-0.05, 0) is 36.8 Å². The van der Waals surface area contributed by atoms with Gasteiger partial charge in [0.15, 0.2) is 0 Å². The number of imidazole rings is 1. The normalized spacial score (nSPS) is 11.9. The predicted molar refractivity (Wildman–Crippen MR) is 284 cm³/mol. The number of hydrogen-bond donors (Lipinski definition) is 0. The van der Waals surface area contributed by atoms with Gasteiger partial charge in [0.25, 0.3) is 0 Å². The van der Waals surface area contributed by atoms with E-state index in [1.54, 1.807) is 0 Å². The number of fused-ring (bicyclic) bond motifs is 10. The van der Waals surface area contributed by atoms with Crippen LogP contribution >= 0.6 is 0 Å². The minimum absolute atomic E-state index is 0.653. The van der Waals surface area contributed by atoms with Gasteiger partial charge in [0.05, 0.1) is 28.2 Å². The number of pyridine rings is 1. The average molecular weight is 1090 g/mol. The van der Waals surface area contributed by atoms with Crippen molar-refractivity contribution in [2.24, 2.45) is 0 Å². The second-order valence-corrected chi connectivity index (χ2v) is 19.4. The summed E-state index contributed by atoms with van der Waals surface area (Å²) in [6.07, 6.45) is 1.88. The molecule has 0 spiro atoms. The molecule has 338 valence electrons. The molecule has 0 saturated carbocycles. The molecule has 9 aromatic carbocycles. The molecule has 7 nitrogen and oxygen atoms in total. The Morgan fingerprint density at radius 1 is 0.493 bits per heavy atom. The van der Waals surface area contributed by atoms with Gasteiger partial charge in [-0.15, -0.1) is 0 Å². The van der Waals surface area contributed by atoms with Crippen molar-refractivity contribution in [3.05, 3.63) is 227 Å². The van der Waals surface area contributed by atoms with E-state index in [9.17, 15) is 5.26 Å². The number of aromatic nitrogens is 5. The van der Waals surface area contributed by atoms with Crippen molar-refractivity contribution in [2.45, 2.75) is 13.8 Å². The number of benzene rings is 9. The van der Waals surface area contributed by atoms with Crippen molar-refractivity contribution in [1.82, 2.24) is 23.1 Å². The molecule has 8 heteroatoms. The minimum atomic E-state index is 0.653. The molecule has 0 amide bonds. The van der Waals surface area contributed by atoms with Gasteiger partial charge >= 0.3 is 301 Å². The zero-order chi connectivity index (χ0) is 47.5. The first-order valence-corrected chi connectivity index (χ1v) is 24.8. The third-order valence-electron chi connectivity index (χ3n) is 14.2. The fraction of sp³-hybridized carbons (Fsp3) is 0.0317. The first kappa shape index (κ1) is 41.2. The Balaban J connectivity index is 0.944. The van der Waals surface area contributed by atoms with E-state index in [0.29, 0.717) is 5.56 Å². The topological polar surface area (TPSA) is 65.1 Å². The third-order valence-corrected chi connectivity index (χ3v) is 15.2. The molecule has 14 rings (SSSR count). The third kappa shape index (κ3) is 6.25. The summed E-state index contributed by atoms with van der Waals surface area (Å²) in [6.45, 7) is 4.21. The van der Waals surface area contributed by atoms with Gasteiger partial charge < -0.3 is 4.40 Å². The molecule has 0 fully saturated rings. The summed E-state index contributed by atoms with van der Waals surface area (Å²) in [7, 11) is 0. The summed E-state index contributed by atoms with van der Waals surface area (Å²) in [6, 6.07) is 73.3. The molecular formula is C63H40N6OPt. The van der Waals surface area contributed by atoms with Crippen molar-refractivity contribution in [3.8, 4) is 57.0 Å². The van der Waals surface area contributed by atoms with Crippen LogP contribution in [0.3, 0.4) is 0 Å². The number of rotatable bonds is 7. The monoisotopic (exact) mass is 1090 g/mol. The van der Waals surface area contributed by atoms with Crippen molar-refractivity contribution >= 4 is 70.9 Å². The van der Waals surface area contributed by atoms with Crippen LogP contribution in [0, 0.1) is 29.0 Å². The number of nitrogens with zero attached hydrogens (tertiary/aromatic N) is 6. The second-order valence-electron chi connectivity index (χ2n) is 18.4. The van der Waals surface area contributed by atoms with Gasteiger partial charge in [0.1, 0.15) is 0 Å². The Labute approximate surface area is 418 Å². The average Bonchev–Trinajstić information content (AvgIpc) is 4.11. The van der Waals surface area contributed by atoms with E-state index in [1.807, 2.05) is 24.4 Å². The Bertz CT molecular complexity index is 4550. The van der Waals surface area contributed by atoms with Gasteiger partial charge in [-0.3, -0.25) is 0 Å². The van der Waals surface area contributed by atoms with Gasteiger partial charge in [0, 0.05) is 27.7 Å². The van der Waals surface area contributed by atoms with E-state index >= 15 is 0 Å². The standard InChI is InChI=1S/C63H40N6O.Pt/c1-39-28-29-65-61(30-39)68-57-34-45(26-27-49(57)50-35-51-53-32-41(37-64)31-52-48-18-9-10-21-54(48)69(63(52)53)59(51)36-58(50)68)70-60-33-44(25-24-40(60)2)66-38-67(56-23-12-11-22-55(56)66)62-46(42-14-5-3-6-15-42)19-13-20-47(62)43-16-7-4-8-17-43;/h3-36H,1-2H3;. The molecule has 0 N–H and O–H groups in total. The molecule has 0 aliphatic heterocycles. The van der Waals surface area contributed by atoms with Crippen LogP contribution in [0.1, 0.15) is 16.7 Å². The minimum Gasteiger partial charge on any atom is 0.0621 e. The molecule has 14 aromatic rings. The summed E-state index contributed by atoms with van der Waals surface area (Å²) >= 11 is 2.50. The van der Waals surface area contributed by atoms with Gasteiger partial charge in [0.2, 0.25) is 0 Å². The molecule has 0 unspecified atom stereocenters. The van der Waals surface area contributed by atoms with Crippen molar-refractivity contribution < 1.29 is 24.1 Å². The maximum atomic E-state index is 10.2. The van der Waals surface area contributed by atoms with Crippen LogP contribution in [0.15, 0.2) is 206 Å². The Kier molecular flexibility index (Phi) is 9.20. The summed E-state index contributed by atoms with van der Waals surface area (Å²) in [4.78, 5) is 4.97. The van der Waals surface area contributed by atoms with Crippen molar-refractivity contribution in [1.29, 1.82) is 5.26 Å². The first-order chi connectivity index (χ1) is 34.9. The van der Waals surface area contributed by atoms with Crippen LogP contribution in [-0.4, -0.2) is 23.1 Å². The maximum absolute atomic E-state index is 10.2. The number of ether oxygens (including phenoxy) is 1. The summed E-state index contributed by atoms with van der Waals surface area (Å²) in [5.41, 5.74) is 17.1. The zero-order valence-electron chi connectivity index (χ0n) is 38.5. The SMILES string of the molecule is Cc1ccnc(-n2c3cc(Oc4cc(-n5[c](=[Pt])n(-c6c(-c7ccccc7)cccc6-c6ccccc6)c6ccccc65)ccc4C)ccc3c3cc4c5cc(C#N)cc6c7ccccc7n(c4cc32)c65)c1. The van der Waals surface area contributed by atoms with Crippen LogP contribution in [0.4, 0.5) is 0 Å². The van der Waals surface area contributed by atoms with Crippen LogP contribution in [0.5, 0.6) is 11.5 Å². The Morgan fingerprint density at radius 3 is 1.85 bits per heavy atom. The van der Waals surface area contributed by atoms with Crippen molar-refractivity contribution in [2.75, 3.05) is 0 Å². The van der Waals surface area contributed by atoms with E-state index < -0.39 is 0 Å². The molecular weight excluding hydrogens is 1050 g/mol. The van der Waals surface area contributed by atoms with Crippen LogP contribution in [0.25, 0.3) is 110 Å². The number of aryl methyl sites for hydroxylation is 2. The molecule has 71 heavy (non-hydrogen) atoms. The van der Waals surface area contributed by atoms with Gasteiger partial charge in [-0.1, -0.05) is 18.2 Å². The molecule has 0 aliphatic rings. The fourth-order valence-electron chi connectivity index (χ4n) is 11.0. The zero-order valence-corrected chi connectivity index (χ0v) is 40.8. The molecule has 0 radical (unpaired) electrons. The van der Waals surface area contributed by atoms with Crippen LogP contribution < -0.4 is 4.74 Å². The molecule has 0 saturated heterocycles. The summed E-state index contributed by atoms with van der Waals surface area (Å²) in [5.74, 6) is 2.31. The van der Waals surface area contributed by atoms with Crippen LogP contribution in [-0.2, 0) is 19.4 Å². The van der Waals surface area contributed by atoms with E-state index in [0.717, 1.165) is 137 Å². The smallest absolute Gasteiger partial charge is 0.0621 e. The van der Waals surface area contributed by atoms with Gasteiger partial charge in [-0.25, -0.2) is 0 Å². The number of hydrogen-bond acceptors (Lipinski definition) is 3. The number of nitriles is 1. The van der Waals surface area contributed by atoms with E-state index in [-0.39, 0.29) is 0 Å². The van der Waals surface area contributed by atoms with E-state index in [4.69, 9.17) is 9.72 Å². The van der Waals surface area contributed by atoms with E-state index in [1.165, 1.54) is 0 Å². The summed E-state index contributed by atoms with van der Waals surface area (Å²) in [5, 5.41) is 16.8. The Hall–Kier alpha value is -8.82. The molecule has 0 atom stereocenters. The second kappa shape index (κ2) is 15.9. The fourth-order valence-corrected chi connectivity index (χ4v) is 12.1. The quantitative estimate of drug-likeness (QED) is 0.160. The molecule has 0 aliphatic carbocycles. The Morgan fingerprint density at radius 2 is 1.13 bits per heavy atom. The summed E-state index contributed by atoms with van der Waals surface area (Å²) < 4.78 is 17.4. The van der Waals surface area contributed by atoms with E-state index in [2.05, 4.69) is 239 Å². The molecule has 5 aromatic heterocycles. The van der Waals surface area contributed by atoms with Crippen molar-refractivity contribution in [3.63, 3.8) is 0 Å². The number of para-hydroxylation sites is 4. The molecule has 0 bridgehead atoms. The first-order valence-electron chi connectivity index (χ1n) is 23.7. The van der Waals surface area contributed by atoms with Crippen LogP contribution in [0.2, 0.25) is 0 Å².